The third-order valence-corrected chi connectivity index (χ3v) is 3.37. The maximum atomic E-state index is 13.3. The molecule has 0 aliphatic carbocycles. The van der Waals surface area contributed by atoms with Crippen molar-refractivity contribution >= 4 is 11.4 Å². The van der Waals surface area contributed by atoms with Gasteiger partial charge < -0.3 is 4.74 Å². The lowest BCUT2D eigenvalue weighted by molar-refractivity contribution is -0.384. The van der Waals surface area contributed by atoms with Crippen molar-refractivity contribution in [2.75, 3.05) is 13.3 Å². The van der Waals surface area contributed by atoms with E-state index in [1.807, 2.05) is 0 Å². The quantitative estimate of drug-likeness (QED) is 0.641. The zero-order valence-electron chi connectivity index (χ0n) is 11.8. The Bertz CT molecular complexity index is 777. The Balaban J connectivity index is 2.22. The number of nitro benzene ring substituents is 1. The lowest BCUT2D eigenvalue weighted by Gasteiger charge is -2.31. The van der Waals surface area contributed by atoms with Crippen molar-refractivity contribution in [3.05, 3.63) is 64.0 Å². The molecule has 0 N–H and O–H groups in total. The first-order valence-electron chi connectivity index (χ1n) is 6.69. The second-order valence-corrected chi connectivity index (χ2v) is 4.93. The minimum atomic E-state index is -1.99. The highest BCUT2D eigenvalue weighted by Crippen LogP contribution is 2.35. The first-order chi connectivity index (χ1) is 11.1. The van der Waals surface area contributed by atoms with E-state index in [0.29, 0.717) is 5.69 Å². The molecule has 0 spiro atoms. The summed E-state index contributed by atoms with van der Waals surface area (Å²) in [5.74, 6) is 0.126. The number of hydrogen-bond acceptors (Lipinski definition) is 5. The van der Waals surface area contributed by atoms with Crippen LogP contribution in [0.5, 0.6) is 5.75 Å². The van der Waals surface area contributed by atoms with Crippen LogP contribution in [0.3, 0.4) is 0 Å². The van der Waals surface area contributed by atoms with Gasteiger partial charge >= 0.3 is 0 Å². The Morgan fingerprint density at radius 3 is 2.61 bits per heavy atom. The first-order valence-corrected chi connectivity index (χ1v) is 6.69. The van der Waals surface area contributed by atoms with Gasteiger partial charge in [-0.2, -0.15) is 0 Å². The topological polar surface area (TPSA) is 77.6 Å². The standard InChI is InChI=1S/C15H11F2N3O3/c16-8-15(9-17)19-14(12-3-1-2-6-18-12)11-7-10(20(21)22)4-5-13(11)23-15/h1-7H,8-9H2. The Hall–Kier alpha value is -2.90. The molecule has 0 unspecified atom stereocenters. The molecule has 6 nitrogen and oxygen atoms in total. The van der Waals surface area contributed by atoms with E-state index < -0.39 is 24.0 Å². The SMILES string of the molecule is O=[N+]([O-])c1ccc2c(c1)C(c1ccccn1)=NC(CF)(CF)O2. The molecule has 118 valence electrons. The number of nitrogens with zero attached hydrogens (tertiary/aromatic N) is 3. The van der Waals surface area contributed by atoms with Crippen LogP contribution < -0.4 is 4.74 Å². The van der Waals surface area contributed by atoms with Crippen LogP contribution in [0.25, 0.3) is 0 Å². The van der Waals surface area contributed by atoms with E-state index in [4.69, 9.17) is 4.74 Å². The Kier molecular flexibility index (Phi) is 3.73. The van der Waals surface area contributed by atoms with Gasteiger partial charge in [-0.05, 0) is 18.2 Å². The van der Waals surface area contributed by atoms with Gasteiger partial charge in [-0.15, -0.1) is 0 Å². The van der Waals surface area contributed by atoms with E-state index in [-0.39, 0.29) is 22.7 Å². The fourth-order valence-corrected chi connectivity index (χ4v) is 2.25. The van der Waals surface area contributed by atoms with Gasteiger partial charge in [0.2, 0.25) is 0 Å². The van der Waals surface area contributed by atoms with E-state index in [0.717, 1.165) is 0 Å². The van der Waals surface area contributed by atoms with E-state index in [9.17, 15) is 18.9 Å². The van der Waals surface area contributed by atoms with Gasteiger partial charge in [-0.3, -0.25) is 15.1 Å². The van der Waals surface area contributed by atoms with Crippen molar-refractivity contribution in [1.29, 1.82) is 0 Å². The molecule has 0 bridgehead atoms. The molecule has 2 aromatic rings. The molecule has 1 aromatic heterocycles. The number of hydrogen-bond donors (Lipinski definition) is 0. The summed E-state index contributed by atoms with van der Waals surface area (Å²) in [6, 6.07) is 8.74. The minimum Gasteiger partial charge on any atom is -0.460 e. The van der Waals surface area contributed by atoms with Gasteiger partial charge in [0, 0.05) is 18.3 Å². The average Bonchev–Trinajstić information content (AvgIpc) is 2.61. The summed E-state index contributed by atoms with van der Waals surface area (Å²) in [6.07, 6.45) is 1.50. The molecular weight excluding hydrogens is 308 g/mol. The number of fused-ring (bicyclic) bond motifs is 1. The van der Waals surface area contributed by atoms with Crippen LogP contribution >= 0.6 is 0 Å². The summed E-state index contributed by atoms with van der Waals surface area (Å²) in [7, 11) is 0. The maximum absolute atomic E-state index is 13.3. The van der Waals surface area contributed by atoms with Crippen molar-refractivity contribution in [3.8, 4) is 5.75 Å². The summed E-state index contributed by atoms with van der Waals surface area (Å²) in [6.45, 7) is -2.34. The highest BCUT2D eigenvalue weighted by atomic mass is 19.1. The first kappa shape index (κ1) is 15.0. The molecule has 0 fully saturated rings. The van der Waals surface area contributed by atoms with Crippen molar-refractivity contribution in [2.45, 2.75) is 5.72 Å². The Labute approximate surface area is 129 Å². The summed E-state index contributed by atoms with van der Waals surface area (Å²) in [4.78, 5) is 18.5. The molecule has 1 aromatic carbocycles. The molecule has 23 heavy (non-hydrogen) atoms. The Morgan fingerprint density at radius 2 is 2.00 bits per heavy atom. The molecule has 1 aliphatic rings. The van der Waals surface area contributed by atoms with Crippen LogP contribution in [0.4, 0.5) is 14.5 Å². The largest absolute Gasteiger partial charge is 0.460 e. The zero-order valence-corrected chi connectivity index (χ0v) is 11.8. The molecule has 2 heterocycles. The number of alkyl halides is 2. The third-order valence-electron chi connectivity index (χ3n) is 3.37. The summed E-state index contributed by atoms with van der Waals surface area (Å²) in [5, 5.41) is 11.0. The highest BCUT2D eigenvalue weighted by Gasteiger charge is 2.39. The molecule has 0 saturated heterocycles. The number of aromatic nitrogens is 1. The smallest absolute Gasteiger partial charge is 0.270 e. The summed E-state index contributed by atoms with van der Waals surface area (Å²) in [5.41, 5.74) is -1.38. The molecule has 0 amide bonds. The number of nitro groups is 1. The van der Waals surface area contributed by atoms with E-state index in [1.54, 1.807) is 18.2 Å². The van der Waals surface area contributed by atoms with Crippen LogP contribution in [0, 0.1) is 10.1 Å². The second-order valence-electron chi connectivity index (χ2n) is 4.93. The van der Waals surface area contributed by atoms with E-state index in [2.05, 4.69) is 9.98 Å². The van der Waals surface area contributed by atoms with Gasteiger partial charge in [0.05, 0.1) is 21.9 Å². The van der Waals surface area contributed by atoms with Crippen molar-refractivity contribution in [2.24, 2.45) is 4.99 Å². The number of non-ortho nitro benzene ring substituents is 1. The molecule has 1 aliphatic heterocycles. The monoisotopic (exact) mass is 319 g/mol. The average molecular weight is 319 g/mol. The van der Waals surface area contributed by atoms with Crippen LogP contribution in [-0.4, -0.2) is 34.7 Å². The molecule has 0 saturated carbocycles. The molecule has 8 heteroatoms. The zero-order chi connectivity index (χ0) is 16.4. The van der Waals surface area contributed by atoms with Crippen LogP contribution in [-0.2, 0) is 0 Å². The van der Waals surface area contributed by atoms with Crippen molar-refractivity contribution in [3.63, 3.8) is 0 Å². The number of rotatable bonds is 4. The van der Waals surface area contributed by atoms with Crippen LogP contribution in [0.2, 0.25) is 0 Å². The van der Waals surface area contributed by atoms with Gasteiger partial charge in [-0.1, -0.05) is 6.07 Å². The van der Waals surface area contributed by atoms with Gasteiger partial charge in [0.1, 0.15) is 5.75 Å². The van der Waals surface area contributed by atoms with E-state index >= 15 is 0 Å². The second kappa shape index (κ2) is 5.71. The molecule has 0 radical (unpaired) electrons. The predicted molar refractivity (Wildman–Crippen MR) is 78.3 cm³/mol. The fourth-order valence-electron chi connectivity index (χ4n) is 2.25. The van der Waals surface area contributed by atoms with Crippen molar-refractivity contribution < 1.29 is 18.4 Å². The van der Waals surface area contributed by atoms with E-state index in [1.165, 1.54) is 24.4 Å². The lowest BCUT2D eigenvalue weighted by atomic mass is 10.0. The number of pyridine rings is 1. The number of halogens is 2. The van der Waals surface area contributed by atoms with Crippen LogP contribution in [0.15, 0.2) is 47.6 Å². The minimum absolute atomic E-state index is 0.126. The fraction of sp³-hybridized carbons (Fsp3) is 0.200. The van der Waals surface area contributed by atoms with Crippen molar-refractivity contribution in [1.82, 2.24) is 4.98 Å². The maximum Gasteiger partial charge on any atom is 0.270 e. The number of aliphatic imine (C=N–C) groups is 1. The summed E-state index contributed by atoms with van der Waals surface area (Å²) < 4.78 is 32.0. The lowest BCUT2D eigenvalue weighted by Crippen LogP contribution is -2.43. The normalized spacial score (nSPS) is 15.3. The van der Waals surface area contributed by atoms with Crippen LogP contribution in [0.1, 0.15) is 11.3 Å². The predicted octanol–water partition coefficient (Wildman–Crippen LogP) is 2.85. The summed E-state index contributed by atoms with van der Waals surface area (Å²) >= 11 is 0. The molecule has 3 rings (SSSR count). The van der Waals surface area contributed by atoms with Gasteiger partial charge in [-0.25, -0.2) is 13.8 Å². The third kappa shape index (κ3) is 2.63. The highest BCUT2D eigenvalue weighted by molar-refractivity contribution is 6.14. The van der Waals surface area contributed by atoms with Gasteiger partial charge in [0.15, 0.2) is 13.3 Å². The number of ether oxygens (including phenoxy) is 1. The number of benzene rings is 1. The Morgan fingerprint density at radius 1 is 1.22 bits per heavy atom. The molecular formula is C15H11F2N3O3. The molecule has 0 atom stereocenters. The van der Waals surface area contributed by atoms with Gasteiger partial charge in [0.25, 0.3) is 11.4 Å².